The van der Waals surface area contributed by atoms with E-state index in [0.717, 1.165) is 29.3 Å². The van der Waals surface area contributed by atoms with Crippen molar-refractivity contribution >= 4 is 34.1 Å². The van der Waals surface area contributed by atoms with Crippen molar-refractivity contribution in [3.63, 3.8) is 0 Å². The van der Waals surface area contributed by atoms with Crippen molar-refractivity contribution < 1.29 is 4.79 Å². The van der Waals surface area contributed by atoms with E-state index in [1.807, 2.05) is 64.8 Å². The van der Waals surface area contributed by atoms with Gasteiger partial charge in [0.15, 0.2) is 5.82 Å². The topological polar surface area (TPSA) is 77.6 Å². The number of rotatable bonds is 4. The lowest BCUT2D eigenvalue weighted by molar-refractivity contribution is 0.102. The first kappa shape index (κ1) is 16.9. The number of carbonyl (C=O) groups excluding carboxylic acids is 1. The number of nitrogens with one attached hydrogen (secondary N) is 1. The van der Waals surface area contributed by atoms with Crippen molar-refractivity contribution in [2.45, 2.75) is 18.9 Å². The van der Waals surface area contributed by atoms with E-state index in [-0.39, 0.29) is 5.91 Å². The Hall–Kier alpha value is -3.19. The SMILES string of the molecule is Cn1c(C(=O)Nc2cccc(-c3nnnn3C3CC3)c2)c(Cl)c2ccccc21. The number of fused-ring (bicyclic) bond motifs is 1. The highest BCUT2D eigenvalue weighted by atomic mass is 35.5. The maximum absolute atomic E-state index is 12.9. The van der Waals surface area contributed by atoms with Crippen LogP contribution in [0.1, 0.15) is 29.4 Å². The summed E-state index contributed by atoms with van der Waals surface area (Å²) in [5.74, 6) is 0.448. The number of aryl methyl sites for hydroxylation is 1. The second-order valence-electron chi connectivity index (χ2n) is 6.95. The third kappa shape index (κ3) is 2.75. The number of para-hydroxylation sites is 1. The van der Waals surface area contributed by atoms with Gasteiger partial charge in [-0.1, -0.05) is 41.9 Å². The van der Waals surface area contributed by atoms with Gasteiger partial charge >= 0.3 is 0 Å². The maximum Gasteiger partial charge on any atom is 0.273 e. The molecule has 0 atom stereocenters. The highest BCUT2D eigenvalue weighted by Gasteiger charge is 2.28. The summed E-state index contributed by atoms with van der Waals surface area (Å²) in [7, 11) is 1.84. The monoisotopic (exact) mass is 392 g/mol. The van der Waals surface area contributed by atoms with Crippen LogP contribution in [-0.2, 0) is 7.05 Å². The number of carbonyl (C=O) groups is 1. The average molecular weight is 393 g/mol. The Morgan fingerprint density at radius 3 is 2.79 bits per heavy atom. The molecule has 4 aromatic rings. The predicted molar refractivity (Wildman–Crippen MR) is 107 cm³/mol. The lowest BCUT2D eigenvalue weighted by Gasteiger charge is -2.09. The molecule has 2 heterocycles. The first-order chi connectivity index (χ1) is 13.6. The molecule has 2 aromatic carbocycles. The molecule has 140 valence electrons. The van der Waals surface area contributed by atoms with Gasteiger partial charge in [0.05, 0.1) is 11.1 Å². The molecule has 2 aromatic heterocycles. The van der Waals surface area contributed by atoms with E-state index in [1.54, 1.807) is 0 Å². The Labute approximate surface area is 165 Å². The van der Waals surface area contributed by atoms with Crippen LogP contribution in [0.15, 0.2) is 48.5 Å². The van der Waals surface area contributed by atoms with Crippen LogP contribution < -0.4 is 5.32 Å². The number of hydrogen-bond acceptors (Lipinski definition) is 4. The Morgan fingerprint density at radius 2 is 2.00 bits per heavy atom. The molecule has 0 unspecified atom stereocenters. The van der Waals surface area contributed by atoms with Crippen LogP contribution >= 0.6 is 11.6 Å². The summed E-state index contributed by atoms with van der Waals surface area (Å²) >= 11 is 6.49. The van der Waals surface area contributed by atoms with Crippen molar-refractivity contribution in [1.82, 2.24) is 24.8 Å². The van der Waals surface area contributed by atoms with E-state index in [4.69, 9.17) is 11.6 Å². The molecule has 1 saturated carbocycles. The number of amides is 1. The van der Waals surface area contributed by atoms with Crippen LogP contribution in [0.3, 0.4) is 0 Å². The summed E-state index contributed by atoms with van der Waals surface area (Å²) < 4.78 is 3.66. The molecule has 0 saturated heterocycles. The van der Waals surface area contributed by atoms with Gasteiger partial charge in [-0.2, -0.15) is 0 Å². The number of anilines is 1. The number of benzene rings is 2. The fraction of sp³-hybridized carbons (Fsp3) is 0.200. The number of halogens is 1. The van der Waals surface area contributed by atoms with Crippen LogP contribution in [0.2, 0.25) is 5.02 Å². The van der Waals surface area contributed by atoms with Gasteiger partial charge in [-0.25, -0.2) is 4.68 Å². The van der Waals surface area contributed by atoms with Gasteiger partial charge in [0, 0.05) is 29.2 Å². The van der Waals surface area contributed by atoms with Crippen LogP contribution in [0.5, 0.6) is 0 Å². The summed E-state index contributed by atoms with van der Waals surface area (Å²) in [6, 6.07) is 15.6. The molecule has 28 heavy (non-hydrogen) atoms. The lowest BCUT2D eigenvalue weighted by atomic mass is 10.2. The number of aromatic nitrogens is 5. The summed E-state index contributed by atoms with van der Waals surface area (Å²) in [5.41, 5.74) is 2.86. The zero-order valence-corrected chi connectivity index (χ0v) is 15.9. The van der Waals surface area contributed by atoms with Crippen molar-refractivity contribution in [1.29, 1.82) is 0 Å². The smallest absolute Gasteiger partial charge is 0.273 e. The fourth-order valence-corrected chi connectivity index (χ4v) is 3.85. The molecule has 8 heteroatoms. The Morgan fingerprint density at radius 1 is 1.18 bits per heavy atom. The quantitative estimate of drug-likeness (QED) is 0.567. The van der Waals surface area contributed by atoms with Crippen LogP contribution in [-0.4, -0.2) is 30.7 Å². The average Bonchev–Trinajstić information content (AvgIpc) is 3.37. The zero-order valence-electron chi connectivity index (χ0n) is 15.1. The molecule has 1 aliphatic carbocycles. The standard InChI is InChI=1S/C20H17ClN6O/c1-26-16-8-3-2-7-15(16)17(21)18(26)20(28)22-13-6-4-5-12(11-13)19-23-24-25-27(19)14-9-10-14/h2-8,11,14H,9-10H2,1H3,(H,22,28). The number of hydrogen-bond donors (Lipinski definition) is 1. The van der Waals surface area contributed by atoms with Gasteiger partial charge in [0.25, 0.3) is 5.91 Å². The van der Waals surface area contributed by atoms with Crippen molar-refractivity contribution in [2.24, 2.45) is 7.05 Å². The summed E-state index contributed by atoms with van der Waals surface area (Å²) in [5, 5.41) is 16.3. The minimum Gasteiger partial charge on any atom is -0.338 e. The molecule has 1 N–H and O–H groups in total. The van der Waals surface area contributed by atoms with Crippen molar-refractivity contribution in [2.75, 3.05) is 5.32 Å². The molecule has 1 fully saturated rings. The van der Waals surface area contributed by atoms with Gasteiger partial charge in [-0.15, -0.1) is 5.10 Å². The van der Waals surface area contributed by atoms with E-state index < -0.39 is 0 Å². The third-order valence-electron chi connectivity index (χ3n) is 5.02. The number of nitrogens with zero attached hydrogens (tertiary/aromatic N) is 5. The minimum atomic E-state index is -0.261. The summed E-state index contributed by atoms with van der Waals surface area (Å²) in [4.78, 5) is 12.9. The van der Waals surface area contributed by atoms with E-state index in [1.165, 1.54) is 0 Å². The molecule has 5 rings (SSSR count). The molecule has 1 amide bonds. The Bertz CT molecular complexity index is 1170. The van der Waals surface area contributed by atoms with Crippen molar-refractivity contribution in [3.05, 3.63) is 59.2 Å². The highest BCUT2D eigenvalue weighted by Crippen LogP contribution is 2.37. The summed E-state index contributed by atoms with van der Waals surface area (Å²) in [6.07, 6.45) is 2.18. The van der Waals surface area contributed by atoms with Crippen LogP contribution in [0, 0.1) is 0 Å². The van der Waals surface area contributed by atoms with Crippen LogP contribution in [0.4, 0.5) is 5.69 Å². The second kappa shape index (κ2) is 6.45. The van der Waals surface area contributed by atoms with Gasteiger partial charge in [0.1, 0.15) is 5.69 Å². The Balaban J connectivity index is 1.47. The number of tetrazole rings is 1. The minimum absolute atomic E-state index is 0.261. The first-order valence-corrected chi connectivity index (χ1v) is 9.44. The first-order valence-electron chi connectivity index (χ1n) is 9.06. The molecule has 0 spiro atoms. The third-order valence-corrected chi connectivity index (χ3v) is 5.41. The van der Waals surface area contributed by atoms with Gasteiger partial charge < -0.3 is 9.88 Å². The van der Waals surface area contributed by atoms with E-state index in [0.29, 0.717) is 28.3 Å². The molecule has 7 nitrogen and oxygen atoms in total. The molecule has 0 radical (unpaired) electrons. The molecular weight excluding hydrogens is 376 g/mol. The molecule has 1 aliphatic rings. The van der Waals surface area contributed by atoms with Gasteiger partial charge in [0.2, 0.25) is 0 Å². The molecular formula is C20H17ClN6O. The molecule has 0 bridgehead atoms. The largest absolute Gasteiger partial charge is 0.338 e. The van der Waals surface area contributed by atoms with Crippen LogP contribution in [0.25, 0.3) is 22.3 Å². The highest BCUT2D eigenvalue weighted by molar-refractivity contribution is 6.39. The normalized spacial score (nSPS) is 13.8. The second-order valence-corrected chi connectivity index (χ2v) is 7.33. The van der Waals surface area contributed by atoms with E-state index >= 15 is 0 Å². The van der Waals surface area contributed by atoms with E-state index in [9.17, 15) is 4.79 Å². The maximum atomic E-state index is 12.9. The van der Waals surface area contributed by atoms with Gasteiger partial charge in [-0.05, 0) is 41.5 Å². The fourth-order valence-electron chi connectivity index (χ4n) is 3.47. The van der Waals surface area contributed by atoms with Gasteiger partial charge in [-0.3, -0.25) is 4.79 Å². The summed E-state index contributed by atoms with van der Waals surface area (Å²) in [6.45, 7) is 0. The lowest BCUT2D eigenvalue weighted by Crippen LogP contribution is -2.16. The molecule has 0 aliphatic heterocycles. The van der Waals surface area contributed by atoms with E-state index in [2.05, 4.69) is 20.8 Å². The predicted octanol–water partition coefficient (Wildman–Crippen LogP) is 4.07. The Kier molecular flexibility index (Phi) is 3.91. The van der Waals surface area contributed by atoms with Crippen molar-refractivity contribution in [3.8, 4) is 11.4 Å². The zero-order chi connectivity index (χ0) is 19.3.